The van der Waals surface area contributed by atoms with Gasteiger partial charge in [-0.25, -0.2) is 4.79 Å². The van der Waals surface area contributed by atoms with E-state index in [1.54, 1.807) is 12.1 Å². The third-order valence-corrected chi connectivity index (χ3v) is 2.98. The van der Waals surface area contributed by atoms with E-state index >= 15 is 0 Å². The van der Waals surface area contributed by atoms with Crippen molar-refractivity contribution in [2.45, 2.75) is 0 Å². The lowest BCUT2D eigenvalue weighted by atomic mass is 10.1. The number of hydrogen-bond acceptors (Lipinski definition) is 7. The van der Waals surface area contributed by atoms with Crippen LogP contribution < -0.4 is 0 Å². The fourth-order valence-corrected chi connectivity index (χ4v) is 2.04. The highest BCUT2D eigenvalue weighted by Crippen LogP contribution is 2.23. The molecule has 0 radical (unpaired) electrons. The van der Waals surface area contributed by atoms with Crippen molar-refractivity contribution in [3.8, 4) is 0 Å². The summed E-state index contributed by atoms with van der Waals surface area (Å²) < 4.78 is 7.30. The molecule has 3 rings (SSSR count). The molecule has 8 heteroatoms. The van der Waals surface area contributed by atoms with Crippen LogP contribution in [0, 0.1) is 0 Å². The minimum absolute atomic E-state index is 0.0541. The number of carbonyl (C=O) groups is 3. The topological polar surface area (TPSA) is 89.5 Å². The van der Waals surface area contributed by atoms with Gasteiger partial charge in [-0.3, -0.25) is 9.59 Å². The number of carbonyl (C=O) groups excluding carboxylic acids is 3. The number of aromatic nitrogens is 2. The molecule has 1 aliphatic rings. The molecule has 19 heavy (non-hydrogen) atoms. The highest BCUT2D eigenvalue weighted by molar-refractivity contribution is 6.99. The molecule has 0 N–H and O–H groups in total. The zero-order chi connectivity index (χ0) is 13.4. The largest absolute Gasteiger partial charge is 0.384 e. The predicted molar refractivity (Wildman–Crippen MR) is 62.3 cm³/mol. The van der Waals surface area contributed by atoms with E-state index in [0.717, 1.165) is 11.7 Å². The summed E-state index contributed by atoms with van der Waals surface area (Å²) in [4.78, 5) is 40.2. The Labute approximate surface area is 110 Å². The minimum Gasteiger partial charge on any atom is -0.322 e. The predicted octanol–water partition coefficient (Wildman–Crippen LogP) is 0.906. The van der Waals surface area contributed by atoms with Gasteiger partial charge in [-0.1, -0.05) is 17.2 Å². The van der Waals surface area contributed by atoms with Gasteiger partial charge in [0, 0.05) is 0 Å². The minimum atomic E-state index is -0.900. The van der Waals surface area contributed by atoms with Crippen LogP contribution in [0.5, 0.6) is 0 Å². The summed E-state index contributed by atoms with van der Waals surface area (Å²) in [5.74, 6) is -2.24. The first-order valence-corrected chi connectivity index (χ1v) is 5.89. The van der Waals surface area contributed by atoms with Crippen molar-refractivity contribution in [1.29, 1.82) is 0 Å². The van der Waals surface area contributed by atoms with Gasteiger partial charge in [0.1, 0.15) is 0 Å². The Morgan fingerprint density at radius 2 is 1.79 bits per heavy atom. The van der Waals surface area contributed by atoms with Crippen molar-refractivity contribution in [3.63, 3.8) is 0 Å². The average Bonchev–Trinajstić information content (AvgIpc) is 3.03. The summed E-state index contributed by atoms with van der Waals surface area (Å²) >= 11 is 0.826. The molecule has 0 saturated carbocycles. The van der Waals surface area contributed by atoms with Gasteiger partial charge in [-0.2, -0.15) is 8.75 Å². The molecule has 2 aromatic rings. The number of fused-ring (bicyclic) bond motifs is 1. The van der Waals surface area contributed by atoms with Gasteiger partial charge in [0.05, 0.1) is 29.1 Å². The monoisotopic (exact) mass is 275 g/mol. The van der Waals surface area contributed by atoms with E-state index in [2.05, 4.69) is 8.75 Å². The van der Waals surface area contributed by atoms with Crippen molar-refractivity contribution >= 4 is 29.5 Å². The molecule has 2 amide bonds. The molecule has 0 atom stereocenters. The first-order valence-electron chi connectivity index (χ1n) is 5.16. The van der Waals surface area contributed by atoms with Crippen molar-refractivity contribution in [2.24, 2.45) is 0 Å². The first-order chi connectivity index (χ1) is 9.18. The summed E-state index contributed by atoms with van der Waals surface area (Å²) in [7, 11) is 0. The van der Waals surface area contributed by atoms with Crippen LogP contribution in [0.25, 0.3) is 0 Å². The summed E-state index contributed by atoms with van der Waals surface area (Å²) in [6, 6.07) is 6.24. The van der Waals surface area contributed by atoms with Crippen LogP contribution >= 0.6 is 11.7 Å². The van der Waals surface area contributed by atoms with Gasteiger partial charge in [-0.15, -0.1) is 0 Å². The van der Waals surface area contributed by atoms with Crippen LogP contribution in [0.4, 0.5) is 0 Å². The van der Waals surface area contributed by atoms with Crippen molar-refractivity contribution < 1.29 is 19.2 Å². The number of nitrogens with zero attached hydrogens (tertiary/aromatic N) is 3. The van der Waals surface area contributed by atoms with Crippen LogP contribution in [0.15, 0.2) is 30.5 Å². The molecular weight excluding hydrogens is 270 g/mol. The van der Waals surface area contributed by atoms with Crippen molar-refractivity contribution in [1.82, 2.24) is 13.8 Å². The lowest BCUT2D eigenvalue weighted by molar-refractivity contribution is -0.0587. The van der Waals surface area contributed by atoms with E-state index in [4.69, 9.17) is 4.84 Å². The molecular formula is C11H5N3O4S. The molecule has 0 saturated heterocycles. The normalized spacial score (nSPS) is 13.6. The Balaban J connectivity index is 1.87. The van der Waals surface area contributed by atoms with E-state index < -0.39 is 17.8 Å². The van der Waals surface area contributed by atoms with Gasteiger partial charge in [0.2, 0.25) is 0 Å². The maximum atomic E-state index is 11.9. The Morgan fingerprint density at radius 1 is 1.16 bits per heavy atom. The molecule has 7 nitrogen and oxygen atoms in total. The second kappa shape index (κ2) is 4.25. The third-order valence-electron chi connectivity index (χ3n) is 2.50. The van der Waals surface area contributed by atoms with E-state index in [1.807, 2.05) is 0 Å². The van der Waals surface area contributed by atoms with Gasteiger partial charge < -0.3 is 4.84 Å². The first kappa shape index (κ1) is 11.5. The van der Waals surface area contributed by atoms with Gasteiger partial charge >= 0.3 is 5.97 Å². The molecule has 2 heterocycles. The smallest absolute Gasteiger partial charge is 0.322 e. The standard InChI is InChI=1S/C11H5N3O4S/c15-9-6-3-1-2-4-7(6)10(16)14(9)18-11(17)8-5-12-19-13-8/h1-5H. The van der Waals surface area contributed by atoms with Crippen molar-refractivity contribution in [2.75, 3.05) is 0 Å². The Bertz CT molecular complexity index is 648. The SMILES string of the molecule is O=C(ON1C(=O)c2ccccc2C1=O)c1cnsn1. The molecule has 0 bridgehead atoms. The fourth-order valence-electron chi connectivity index (χ4n) is 1.63. The highest BCUT2D eigenvalue weighted by atomic mass is 32.1. The third kappa shape index (κ3) is 1.78. The maximum Gasteiger partial charge on any atom is 0.384 e. The summed E-state index contributed by atoms with van der Waals surface area (Å²) in [6.45, 7) is 0. The number of amides is 2. The zero-order valence-corrected chi connectivity index (χ0v) is 10.1. The maximum absolute atomic E-state index is 11.9. The molecule has 1 aliphatic heterocycles. The Morgan fingerprint density at radius 3 is 2.32 bits per heavy atom. The lowest BCUT2D eigenvalue weighted by Gasteiger charge is -2.11. The number of benzene rings is 1. The number of rotatable bonds is 2. The summed E-state index contributed by atoms with van der Waals surface area (Å²) in [5.41, 5.74) is 0.356. The molecule has 0 aliphatic carbocycles. The number of imide groups is 1. The second-order valence-corrected chi connectivity index (χ2v) is 4.18. The van der Waals surface area contributed by atoms with Crippen LogP contribution in [0.3, 0.4) is 0 Å². The van der Waals surface area contributed by atoms with E-state index in [9.17, 15) is 14.4 Å². The molecule has 0 unspecified atom stereocenters. The zero-order valence-electron chi connectivity index (χ0n) is 9.27. The molecule has 0 fully saturated rings. The summed E-state index contributed by atoms with van der Waals surface area (Å²) in [6.07, 6.45) is 1.20. The number of hydrogen-bond donors (Lipinski definition) is 0. The Kier molecular flexibility index (Phi) is 2.57. The van der Waals surface area contributed by atoms with Crippen LogP contribution in [-0.4, -0.2) is 31.6 Å². The van der Waals surface area contributed by atoms with E-state index in [1.165, 1.54) is 18.3 Å². The van der Waals surface area contributed by atoms with Crippen LogP contribution in [-0.2, 0) is 4.84 Å². The van der Waals surface area contributed by atoms with Crippen molar-refractivity contribution in [3.05, 3.63) is 47.3 Å². The molecule has 94 valence electrons. The van der Waals surface area contributed by atoms with Gasteiger partial charge in [0.25, 0.3) is 11.8 Å². The second-order valence-electron chi connectivity index (χ2n) is 3.62. The Hall–Kier alpha value is -2.61. The van der Waals surface area contributed by atoms with Gasteiger partial charge in [-0.05, 0) is 12.1 Å². The molecule has 1 aromatic heterocycles. The van der Waals surface area contributed by atoms with Crippen LogP contribution in [0.1, 0.15) is 31.2 Å². The van der Waals surface area contributed by atoms with E-state index in [-0.39, 0.29) is 16.8 Å². The average molecular weight is 275 g/mol. The molecule has 1 aromatic carbocycles. The number of hydroxylamine groups is 2. The van der Waals surface area contributed by atoms with Gasteiger partial charge in [0.15, 0.2) is 5.69 Å². The lowest BCUT2D eigenvalue weighted by Crippen LogP contribution is -2.32. The fraction of sp³-hybridized carbons (Fsp3) is 0. The van der Waals surface area contributed by atoms with Crippen LogP contribution in [0.2, 0.25) is 0 Å². The van der Waals surface area contributed by atoms with E-state index in [0.29, 0.717) is 5.06 Å². The summed E-state index contributed by atoms with van der Waals surface area (Å²) in [5, 5.41) is 0.437. The molecule has 0 spiro atoms. The highest BCUT2D eigenvalue weighted by Gasteiger charge is 2.39. The quantitative estimate of drug-likeness (QED) is 0.757.